The first-order valence-electron chi connectivity index (χ1n) is 5.42. The number of benzene rings is 1. The Labute approximate surface area is 88.0 Å². The van der Waals surface area contributed by atoms with Crippen LogP contribution in [-0.4, -0.2) is 0 Å². The molecule has 0 N–H and O–H groups in total. The lowest BCUT2D eigenvalue weighted by Crippen LogP contribution is -2.15. The minimum Gasteiger partial charge on any atom is -0.0915 e. The Morgan fingerprint density at radius 1 is 1.07 bits per heavy atom. The summed E-state index contributed by atoms with van der Waals surface area (Å²) in [5, 5.41) is 2.28. The van der Waals surface area contributed by atoms with Crippen molar-refractivity contribution >= 4 is 13.2 Å². The molecule has 0 unspecified atom stereocenters. The molecule has 0 aliphatic rings. The molecule has 1 aromatic rings. The van der Waals surface area contributed by atoms with Crippen molar-refractivity contribution < 1.29 is 0 Å². The van der Waals surface area contributed by atoms with Gasteiger partial charge in [0, 0.05) is 0 Å². The summed E-state index contributed by atoms with van der Waals surface area (Å²) in [6.07, 6.45) is 2.28. The number of hydrogen-bond donors (Lipinski definition) is 0. The highest BCUT2D eigenvalue weighted by Gasteiger charge is 1.94. The number of rotatable bonds is 2. The predicted molar refractivity (Wildman–Crippen MR) is 66.8 cm³/mol. The van der Waals surface area contributed by atoms with Crippen molar-refractivity contribution in [3.05, 3.63) is 33.7 Å². The summed E-state index contributed by atoms with van der Waals surface area (Å²) < 4.78 is 0. The molecule has 0 saturated heterocycles. The van der Waals surface area contributed by atoms with Crippen LogP contribution in [0.3, 0.4) is 0 Å². The van der Waals surface area contributed by atoms with Gasteiger partial charge >= 0.3 is 0 Å². The molecule has 0 spiro atoms. The summed E-state index contributed by atoms with van der Waals surface area (Å²) in [7, 11) is 0. The van der Waals surface area contributed by atoms with E-state index in [4.69, 9.17) is 0 Å². The van der Waals surface area contributed by atoms with E-state index in [9.17, 15) is 0 Å². The molecule has 1 aromatic carbocycles. The van der Waals surface area contributed by atoms with Gasteiger partial charge in [-0.1, -0.05) is 52.5 Å². The summed E-state index contributed by atoms with van der Waals surface area (Å²) in [5.74, 6) is 0. The lowest BCUT2D eigenvalue weighted by molar-refractivity contribution is 0.913. The van der Waals surface area contributed by atoms with Gasteiger partial charge in [-0.3, -0.25) is 0 Å². The summed E-state index contributed by atoms with van der Waals surface area (Å²) in [6, 6.07) is 4.27. The van der Waals surface area contributed by atoms with E-state index in [0.29, 0.717) is 0 Å². The van der Waals surface area contributed by atoms with Gasteiger partial charge in [-0.2, -0.15) is 0 Å². The molecule has 0 aliphatic carbocycles. The van der Waals surface area contributed by atoms with Crippen molar-refractivity contribution in [1.29, 1.82) is 0 Å². The topological polar surface area (TPSA) is 0 Å². The number of aryl methyl sites for hydroxylation is 2. The average molecular weight is 190 g/mol. The lowest BCUT2D eigenvalue weighted by atomic mass is 10.0. The van der Waals surface area contributed by atoms with Crippen LogP contribution >= 0.6 is 0 Å². The van der Waals surface area contributed by atoms with Crippen LogP contribution < -0.4 is 10.4 Å². The zero-order valence-corrected chi connectivity index (χ0v) is 9.98. The van der Waals surface area contributed by atoms with Crippen molar-refractivity contribution in [2.45, 2.75) is 40.5 Å². The molecule has 0 amide bonds. The summed E-state index contributed by atoms with van der Waals surface area (Å²) >= 11 is 0. The molecule has 0 fully saturated rings. The molecule has 0 aliphatic heterocycles. The molecule has 1 rings (SSSR count). The van der Waals surface area contributed by atoms with Crippen LogP contribution in [0.2, 0.25) is 0 Å². The summed E-state index contributed by atoms with van der Waals surface area (Å²) in [5.41, 5.74) is 2.58. The van der Waals surface area contributed by atoms with Gasteiger partial charge in [0.05, 0.1) is 0 Å². The monoisotopic (exact) mass is 190 g/mol. The zero-order valence-electron chi connectivity index (χ0n) is 9.98. The van der Waals surface area contributed by atoms with Crippen molar-refractivity contribution in [2.75, 3.05) is 0 Å². The van der Waals surface area contributed by atoms with Gasteiger partial charge in [-0.05, 0) is 34.9 Å². The molecule has 14 heavy (non-hydrogen) atoms. The Hall–Kier alpha value is -1.04. The van der Waals surface area contributed by atoms with Crippen LogP contribution in [-0.2, 0) is 6.42 Å². The van der Waals surface area contributed by atoms with Crippen molar-refractivity contribution in [2.24, 2.45) is 0 Å². The lowest BCUT2D eigenvalue weighted by Gasteiger charge is -2.01. The number of hydrogen-bond acceptors (Lipinski definition) is 0. The van der Waals surface area contributed by atoms with Crippen LogP contribution in [0.5, 0.6) is 0 Å². The van der Waals surface area contributed by atoms with Crippen LogP contribution in [0.4, 0.5) is 0 Å². The average Bonchev–Trinajstić information content (AvgIpc) is 2.18. The van der Waals surface area contributed by atoms with Gasteiger partial charge in [0.25, 0.3) is 0 Å². The van der Waals surface area contributed by atoms with E-state index >= 15 is 0 Å². The molecular weight excluding hydrogens is 168 g/mol. The Bertz CT molecular complexity index is 360. The molecule has 0 heteroatoms. The molecule has 0 radical (unpaired) electrons. The van der Waals surface area contributed by atoms with Crippen LogP contribution in [0.15, 0.2) is 12.1 Å². The maximum atomic E-state index is 4.01. The van der Waals surface area contributed by atoms with E-state index in [1.165, 1.54) is 17.5 Å². The highest BCUT2D eigenvalue weighted by molar-refractivity contribution is 5.29. The van der Waals surface area contributed by atoms with Crippen molar-refractivity contribution in [3.8, 4) is 0 Å². The van der Waals surface area contributed by atoms with Crippen LogP contribution in [0.25, 0.3) is 13.2 Å². The highest BCUT2D eigenvalue weighted by Crippen LogP contribution is 1.94. The minimum atomic E-state index is 1.11. The first kappa shape index (κ1) is 13.0. The van der Waals surface area contributed by atoms with Gasteiger partial charge in [0.1, 0.15) is 0 Å². The van der Waals surface area contributed by atoms with Gasteiger partial charge in [0.15, 0.2) is 0 Å². The fourth-order valence-electron chi connectivity index (χ4n) is 1.37. The SMILES string of the molecule is C=c1cc(CCC)c(=C)cc1C.CC. The van der Waals surface area contributed by atoms with Crippen molar-refractivity contribution in [3.63, 3.8) is 0 Å². The highest BCUT2D eigenvalue weighted by atomic mass is 14.0. The second-order valence-corrected chi connectivity index (χ2v) is 3.30. The minimum absolute atomic E-state index is 1.11. The van der Waals surface area contributed by atoms with E-state index in [1.807, 2.05) is 13.8 Å². The molecule has 0 saturated carbocycles. The smallest absolute Gasteiger partial charge is 0.0276 e. The predicted octanol–water partition coefficient (Wildman–Crippen LogP) is 2.79. The Balaban J connectivity index is 0.000000791. The van der Waals surface area contributed by atoms with Crippen molar-refractivity contribution in [1.82, 2.24) is 0 Å². The molecule has 0 heterocycles. The molecule has 0 bridgehead atoms. The van der Waals surface area contributed by atoms with E-state index in [2.05, 4.69) is 39.1 Å². The third-order valence-corrected chi connectivity index (χ3v) is 2.18. The normalized spacial score (nSPS) is 9.14. The van der Waals surface area contributed by atoms with E-state index in [-0.39, 0.29) is 0 Å². The fourth-order valence-corrected chi connectivity index (χ4v) is 1.37. The second kappa shape index (κ2) is 6.42. The van der Waals surface area contributed by atoms with Crippen LogP contribution in [0.1, 0.15) is 38.3 Å². The second-order valence-electron chi connectivity index (χ2n) is 3.30. The maximum absolute atomic E-state index is 4.01. The third kappa shape index (κ3) is 3.37. The standard InChI is InChI=1S/C12H16.C2H6/c1-5-6-12-8-10(3)9(2)7-11(12)4;1-2/h7-8H,3-6H2,1-2H3;1-2H3. The summed E-state index contributed by atoms with van der Waals surface area (Å²) in [6.45, 7) is 16.2. The van der Waals surface area contributed by atoms with Gasteiger partial charge in [-0.15, -0.1) is 0 Å². The largest absolute Gasteiger partial charge is 0.0915 e. The fraction of sp³-hybridized carbons (Fsp3) is 0.429. The Morgan fingerprint density at radius 2 is 1.64 bits per heavy atom. The summed E-state index contributed by atoms with van der Waals surface area (Å²) in [4.78, 5) is 0. The molecule has 0 nitrogen and oxygen atoms in total. The van der Waals surface area contributed by atoms with Crippen LogP contribution in [0, 0.1) is 6.92 Å². The zero-order chi connectivity index (χ0) is 11.1. The van der Waals surface area contributed by atoms with E-state index in [0.717, 1.165) is 16.9 Å². The quantitative estimate of drug-likeness (QED) is 0.672. The molecule has 78 valence electrons. The first-order chi connectivity index (χ1) is 6.65. The molecular formula is C14H22. The van der Waals surface area contributed by atoms with E-state index < -0.39 is 0 Å². The third-order valence-electron chi connectivity index (χ3n) is 2.18. The van der Waals surface area contributed by atoms with E-state index in [1.54, 1.807) is 0 Å². The molecule has 0 aromatic heterocycles. The maximum Gasteiger partial charge on any atom is -0.0276 e. The van der Waals surface area contributed by atoms with Gasteiger partial charge < -0.3 is 0 Å². The van der Waals surface area contributed by atoms with Gasteiger partial charge in [-0.25, -0.2) is 0 Å². The van der Waals surface area contributed by atoms with Gasteiger partial charge in [0.2, 0.25) is 0 Å². The Morgan fingerprint density at radius 3 is 2.14 bits per heavy atom. The Kier molecular flexibility index (Phi) is 5.94. The first-order valence-corrected chi connectivity index (χ1v) is 5.42. The molecule has 0 atom stereocenters.